The zero-order chi connectivity index (χ0) is 44.4. The molecule has 0 spiro atoms. The van der Waals surface area contributed by atoms with Crippen LogP contribution in [-0.4, -0.2) is 117 Å². The summed E-state index contributed by atoms with van der Waals surface area (Å²) in [7, 11) is 0. The number of para-hydroxylation sites is 1. The van der Waals surface area contributed by atoms with Crippen molar-refractivity contribution in [3.05, 3.63) is 36.0 Å². The lowest BCUT2D eigenvalue weighted by Gasteiger charge is -2.27. The molecule has 2 aromatic rings. The number of aliphatic carboxylic acids is 2. The molecule has 1 aromatic heterocycles. The Bertz CT molecular complexity index is 1880. The molecule has 0 aliphatic carbocycles. The van der Waals surface area contributed by atoms with E-state index in [2.05, 4.69) is 31.2 Å². The van der Waals surface area contributed by atoms with Crippen LogP contribution >= 0.6 is 0 Å². The van der Waals surface area contributed by atoms with Gasteiger partial charge in [0.2, 0.25) is 41.4 Å². The second-order valence-electron chi connectivity index (χ2n) is 14.2. The van der Waals surface area contributed by atoms with Gasteiger partial charge in [-0.3, -0.25) is 43.3 Å². The molecule has 0 saturated heterocycles. The Morgan fingerprint density at radius 1 is 0.695 bits per heavy atom. The van der Waals surface area contributed by atoms with E-state index >= 15 is 0 Å². The third-order valence-corrected chi connectivity index (χ3v) is 8.72. The van der Waals surface area contributed by atoms with Crippen LogP contribution in [0.4, 0.5) is 0 Å². The fourth-order valence-corrected chi connectivity index (χ4v) is 5.83. The van der Waals surface area contributed by atoms with E-state index in [-0.39, 0.29) is 37.7 Å². The van der Waals surface area contributed by atoms with Crippen molar-refractivity contribution >= 4 is 70.2 Å². The number of aromatic nitrogens is 1. The van der Waals surface area contributed by atoms with Crippen molar-refractivity contribution in [3.8, 4) is 0 Å². The van der Waals surface area contributed by atoms with Crippen molar-refractivity contribution in [1.82, 2.24) is 31.6 Å². The Kier molecular flexibility index (Phi) is 19.2. The molecule has 1 heterocycles. The van der Waals surface area contributed by atoms with E-state index in [4.69, 9.17) is 33.8 Å². The van der Waals surface area contributed by atoms with Gasteiger partial charge in [-0.15, -0.1) is 0 Å². The van der Waals surface area contributed by atoms with Gasteiger partial charge in [-0.2, -0.15) is 0 Å². The third-order valence-electron chi connectivity index (χ3n) is 8.72. The molecule has 0 aliphatic heterocycles. The predicted octanol–water partition coefficient (Wildman–Crippen LogP) is -3.74. The number of carbonyl (C=O) groups excluding carboxylic acids is 7. The first-order valence-corrected chi connectivity index (χ1v) is 18.6. The minimum atomic E-state index is -1.96. The van der Waals surface area contributed by atoms with E-state index in [1.807, 2.05) is 19.2 Å². The highest BCUT2D eigenvalue weighted by Crippen LogP contribution is 2.20. The Labute approximate surface area is 338 Å². The number of H-pyrrole nitrogens is 1. The van der Waals surface area contributed by atoms with Crippen LogP contribution in [-0.2, 0) is 49.6 Å². The number of nitrogens with one attached hydrogen (secondary N) is 6. The van der Waals surface area contributed by atoms with Gasteiger partial charge in [0.05, 0.1) is 18.9 Å². The summed E-state index contributed by atoms with van der Waals surface area (Å²) in [6.45, 7) is 3.82. The normalized spacial score (nSPS) is 14.0. The first-order chi connectivity index (χ1) is 27.7. The van der Waals surface area contributed by atoms with E-state index in [0.717, 1.165) is 0 Å². The third kappa shape index (κ3) is 17.1. The van der Waals surface area contributed by atoms with Crippen LogP contribution in [0, 0.1) is 5.92 Å². The summed E-state index contributed by atoms with van der Waals surface area (Å²) in [6.07, 6.45) is -0.923. The molecule has 23 nitrogen and oxygen atoms in total. The number of carbonyl (C=O) groups is 9. The second kappa shape index (κ2) is 23.5. The number of carboxylic acid groups (broad SMARTS) is 2. The average Bonchev–Trinajstić information content (AvgIpc) is 3.54. The smallest absolute Gasteiger partial charge is 0.326 e. The first kappa shape index (κ1) is 48.4. The van der Waals surface area contributed by atoms with E-state index in [9.17, 15) is 48.3 Å². The van der Waals surface area contributed by atoms with Crippen molar-refractivity contribution in [2.45, 2.75) is 101 Å². The largest absolute Gasteiger partial charge is 0.481 e. The monoisotopic (exact) mass is 830 g/mol. The van der Waals surface area contributed by atoms with Crippen molar-refractivity contribution < 1.29 is 53.4 Å². The van der Waals surface area contributed by atoms with Crippen LogP contribution in [0.3, 0.4) is 0 Å². The van der Waals surface area contributed by atoms with Crippen LogP contribution in [0.15, 0.2) is 35.5 Å². The van der Waals surface area contributed by atoms with Crippen molar-refractivity contribution in [1.29, 1.82) is 0 Å². The Hall–Kier alpha value is -6.78. The van der Waals surface area contributed by atoms with Crippen LogP contribution in [0.25, 0.3) is 10.9 Å². The number of benzene rings is 1. The maximum absolute atomic E-state index is 14.2. The Balaban J connectivity index is 2.50. The molecule has 0 bridgehead atoms. The highest BCUT2D eigenvalue weighted by molar-refractivity contribution is 5.98. The molecule has 6 atom stereocenters. The second-order valence-corrected chi connectivity index (χ2v) is 14.2. The number of guanidine groups is 1. The number of hydrogen-bond donors (Lipinski definition) is 13. The number of nitrogens with two attached hydrogens (primary N) is 5. The van der Waals surface area contributed by atoms with Gasteiger partial charge in [0, 0.05) is 36.5 Å². The molecule has 18 N–H and O–H groups in total. The molecule has 0 aliphatic rings. The molecule has 7 amide bonds. The summed E-state index contributed by atoms with van der Waals surface area (Å²) in [5.41, 5.74) is 28.8. The lowest BCUT2D eigenvalue weighted by Crippen LogP contribution is -2.60. The molecule has 0 saturated carbocycles. The molecule has 23 heteroatoms. The lowest BCUT2D eigenvalue weighted by atomic mass is 10.0. The van der Waals surface area contributed by atoms with Crippen LogP contribution in [0.5, 0.6) is 0 Å². The van der Waals surface area contributed by atoms with Crippen molar-refractivity contribution in [2.24, 2.45) is 39.6 Å². The minimum Gasteiger partial charge on any atom is -0.481 e. The number of hydrogen-bond acceptors (Lipinski definition) is 11. The van der Waals surface area contributed by atoms with Gasteiger partial charge >= 0.3 is 11.9 Å². The maximum Gasteiger partial charge on any atom is 0.326 e. The number of fused-ring (bicyclic) bond motifs is 1. The zero-order valence-corrected chi connectivity index (χ0v) is 32.7. The quantitative estimate of drug-likeness (QED) is 0.0246. The summed E-state index contributed by atoms with van der Waals surface area (Å²) >= 11 is 0. The summed E-state index contributed by atoms with van der Waals surface area (Å²) in [6, 6.07) is -2.11. The topological polar surface area (TPSA) is 412 Å². The number of primary amides is 2. The van der Waals surface area contributed by atoms with E-state index in [1.165, 1.54) is 0 Å². The van der Waals surface area contributed by atoms with Gasteiger partial charge in [-0.25, -0.2) is 4.79 Å². The molecule has 324 valence electrons. The number of amides is 7. The van der Waals surface area contributed by atoms with Gasteiger partial charge in [0.25, 0.3) is 0 Å². The molecule has 1 aromatic carbocycles. The molecular formula is C36H54N12O11. The Morgan fingerprint density at radius 2 is 1.24 bits per heavy atom. The molecule has 6 unspecified atom stereocenters. The number of aromatic amines is 1. The maximum atomic E-state index is 14.2. The highest BCUT2D eigenvalue weighted by Gasteiger charge is 2.34. The van der Waals surface area contributed by atoms with Gasteiger partial charge in [-0.05, 0) is 43.2 Å². The molecule has 2 rings (SSSR count). The van der Waals surface area contributed by atoms with E-state index in [1.54, 1.807) is 30.5 Å². The summed E-state index contributed by atoms with van der Waals surface area (Å²) in [5, 5.41) is 30.9. The highest BCUT2D eigenvalue weighted by atomic mass is 16.4. The summed E-state index contributed by atoms with van der Waals surface area (Å²) in [4.78, 5) is 121. The number of aliphatic imine (C=N–C) groups is 1. The van der Waals surface area contributed by atoms with Crippen LogP contribution in [0.1, 0.15) is 64.4 Å². The first-order valence-electron chi connectivity index (χ1n) is 18.6. The van der Waals surface area contributed by atoms with Gasteiger partial charge in [-0.1, -0.05) is 32.0 Å². The molecule has 0 radical (unpaired) electrons. The predicted molar refractivity (Wildman–Crippen MR) is 211 cm³/mol. The lowest BCUT2D eigenvalue weighted by molar-refractivity contribution is -0.147. The van der Waals surface area contributed by atoms with Gasteiger partial charge < -0.3 is 70.4 Å². The van der Waals surface area contributed by atoms with E-state index < -0.39 is 115 Å². The zero-order valence-electron chi connectivity index (χ0n) is 32.7. The summed E-state index contributed by atoms with van der Waals surface area (Å²) < 4.78 is 0. The van der Waals surface area contributed by atoms with Crippen LogP contribution in [0.2, 0.25) is 0 Å². The summed E-state index contributed by atoms with van der Waals surface area (Å²) in [5.74, 6) is -10.3. The number of carboxylic acids is 2. The van der Waals surface area contributed by atoms with Crippen LogP contribution < -0.4 is 55.3 Å². The number of nitrogens with zero attached hydrogens (tertiary/aromatic N) is 1. The minimum absolute atomic E-state index is 0.00628. The molecule has 59 heavy (non-hydrogen) atoms. The number of rotatable bonds is 26. The van der Waals surface area contributed by atoms with Crippen molar-refractivity contribution in [3.63, 3.8) is 0 Å². The Morgan fingerprint density at radius 3 is 1.81 bits per heavy atom. The van der Waals surface area contributed by atoms with Gasteiger partial charge in [0.15, 0.2) is 5.96 Å². The fraction of sp³-hybridized carbons (Fsp3) is 0.500. The van der Waals surface area contributed by atoms with E-state index in [0.29, 0.717) is 22.9 Å². The van der Waals surface area contributed by atoms with Crippen molar-refractivity contribution in [2.75, 3.05) is 6.54 Å². The standard InChI is InChI=1S/C36H54N12O11/c1-17(2)12-20(37)30(53)44-22(8-5-11-42-36(40)41)31(54)46-24(13-18-16-43-21-7-4-3-6-19(18)21)33(56)45-23(9-10-27(38)49)32(55)47-25(14-28(39)50)34(57)48-26(35(58)59)15-29(51)52/h3-4,6-7,16-17,20,22-26,43H,5,8-15,37H2,1-2H3,(H2,38,49)(H2,39,50)(H,44,53)(H,45,56)(H,46,54)(H,47,55)(H,48,57)(H,51,52)(H,58,59)(H4,40,41,42). The van der Waals surface area contributed by atoms with Gasteiger partial charge in [0.1, 0.15) is 30.2 Å². The average molecular weight is 831 g/mol. The molecule has 0 fully saturated rings. The fourth-order valence-electron chi connectivity index (χ4n) is 5.83. The molecular weight excluding hydrogens is 776 g/mol. The SMILES string of the molecule is CC(C)CC(N)C(=O)NC(CCCN=C(N)N)C(=O)NC(Cc1c[nH]c2ccccc12)C(=O)NC(CCC(N)=O)C(=O)NC(CC(N)=O)C(=O)NC(CC(=O)O)C(=O)O.